The first kappa shape index (κ1) is 14.6. The van der Waals surface area contributed by atoms with E-state index in [1.54, 1.807) is 7.11 Å². The summed E-state index contributed by atoms with van der Waals surface area (Å²) >= 11 is 0. The van der Waals surface area contributed by atoms with Gasteiger partial charge in [0.05, 0.1) is 13.7 Å². The zero-order valence-electron chi connectivity index (χ0n) is 13.3. The Morgan fingerprint density at radius 1 is 1.14 bits per heavy atom. The van der Waals surface area contributed by atoms with E-state index in [0.717, 1.165) is 35.7 Å². The first-order valence-electron chi connectivity index (χ1n) is 7.60. The summed E-state index contributed by atoms with van der Waals surface area (Å²) in [7, 11) is 1.68. The first-order valence-corrected chi connectivity index (χ1v) is 7.60. The predicted molar refractivity (Wildman–Crippen MR) is 88.2 cm³/mol. The van der Waals surface area contributed by atoms with E-state index >= 15 is 0 Å². The molecule has 0 atom stereocenters. The average molecular weight is 295 g/mol. The molecule has 0 saturated carbocycles. The third kappa shape index (κ3) is 2.96. The summed E-state index contributed by atoms with van der Waals surface area (Å²) in [4.78, 5) is 9.27. The maximum atomic E-state index is 5.22. The van der Waals surface area contributed by atoms with Gasteiger partial charge in [-0.1, -0.05) is 26.0 Å². The minimum Gasteiger partial charge on any atom is -0.497 e. The molecule has 4 heteroatoms. The molecule has 22 heavy (non-hydrogen) atoms. The number of fused-ring (bicyclic) bond motifs is 1. The molecular formula is C18H21N3O. The van der Waals surface area contributed by atoms with Gasteiger partial charge in [0.1, 0.15) is 17.1 Å². The molecule has 0 spiro atoms. The summed E-state index contributed by atoms with van der Waals surface area (Å²) in [5.41, 5.74) is 3.14. The molecule has 2 aromatic heterocycles. The highest BCUT2D eigenvalue weighted by atomic mass is 16.5. The molecule has 0 aliphatic carbocycles. The van der Waals surface area contributed by atoms with Crippen LogP contribution in [-0.2, 0) is 13.0 Å². The van der Waals surface area contributed by atoms with Crippen molar-refractivity contribution in [2.75, 3.05) is 7.11 Å². The summed E-state index contributed by atoms with van der Waals surface area (Å²) in [6.07, 6.45) is 2.78. The Balaban J connectivity index is 1.99. The van der Waals surface area contributed by atoms with Crippen LogP contribution in [0.4, 0.5) is 0 Å². The van der Waals surface area contributed by atoms with Crippen LogP contribution in [-0.4, -0.2) is 21.6 Å². The molecule has 2 heterocycles. The van der Waals surface area contributed by atoms with E-state index in [-0.39, 0.29) is 0 Å². The lowest BCUT2D eigenvalue weighted by molar-refractivity contribution is 0.414. The number of hydrogen-bond acceptors (Lipinski definition) is 3. The molecule has 3 rings (SSSR count). The normalized spacial score (nSPS) is 11.3. The number of ether oxygens (including phenoxy) is 1. The smallest absolute Gasteiger partial charge is 0.160 e. The zero-order valence-corrected chi connectivity index (χ0v) is 13.3. The van der Waals surface area contributed by atoms with Gasteiger partial charge in [0.2, 0.25) is 0 Å². The maximum Gasteiger partial charge on any atom is 0.160 e. The lowest BCUT2D eigenvalue weighted by Gasteiger charge is -2.11. The molecule has 0 bridgehead atoms. The van der Waals surface area contributed by atoms with Crippen LogP contribution in [0, 0.1) is 5.92 Å². The van der Waals surface area contributed by atoms with Crippen molar-refractivity contribution in [2.45, 2.75) is 26.8 Å². The van der Waals surface area contributed by atoms with Crippen LogP contribution in [0.2, 0.25) is 0 Å². The highest BCUT2D eigenvalue weighted by Crippen LogP contribution is 2.19. The van der Waals surface area contributed by atoms with Crippen molar-refractivity contribution >= 4 is 11.2 Å². The average Bonchev–Trinajstić information content (AvgIpc) is 2.85. The molecule has 4 nitrogen and oxygen atoms in total. The number of aromatic nitrogens is 3. The minimum absolute atomic E-state index is 0.562. The SMILES string of the molecule is COc1ccc(Cn2c(CC(C)C)nc3cccnc32)cc1. The topological polar surface area (TPSA) is 39.9 Å². The van der Waals surface area contributed by atoms with E-state index < -0.39 is 0 Å². The van der Waals surface area contributed by atoms with Gasteiger partial charge in [-0.15, -0.1) is 0 Å². The van der Waals surface area contributed by atoms with Gasteiger partial charge in [-0.25, -0.2) is 9.97 Å². The monoisotopic (exact) mass is 295 g/mol. The Bertz CT molecular complexity index is 760. The zero-order chi connectivity index (χ0) is 15.5. The molecule has 0 aliphatic heterocycles. The van der Waals surface area contributed by atoms with E-state index in [4.69, 9.17) is 9.72 Å². The summed E-state index contributed by atoms with van der Waals surface area (Å²) in [6, 6.07) is 12.1. The van der Waals surface area contributed by atoms with E-state index in [1.807, 2.05) is 30.5 Å². The van der Waals surface area contributed by atoms with Crippen LogP contribution >= 0.6 is 0 Å². The van der Waals surface area contributed by atoms with Crippen molar-refractivity contribution in [3.63, 3.8) is 0 Å². The van der Waals surface area contributed by atoms with Gasteiger partial charge in [0, 0.05) is 12.6 Å². The predicted octanol–water partition coefficient (Wildman–Crippen LogP) is 3.69. The molecule has 0 aliphatic rings. The van der Waals surface area contributed by atoms with E-state index in [0.29, 0.717) is 5.92 Å². The van der Waals surface area contributed by atoms with Crippen LogP contribution in [0.25, 0.3) is 11.2 Å². The molecule has 0 N–H and O–H groups in total. The molecule has 0 amide bonds. The van der Waals surface area contributed by atoms with Gasteiger partial charge in [-0.2, -0.15) is 0 Å². The Hall–Kier alpha value is -2.36. The van der Waals surface area contributed by atoms with Crippen LogP contribution in [0.5, 0.6) is 5.75 Å². The third-order valence-electron chi connectivity index (χ3n) is 3.67. The standard InChI is InChI=1S/C18H21N3O/c1-13(2)11-17-20-16-5-4-10-19-18(16)21(17)12-14-6-8-15(22-3)9-7-14/h4-10,13H,11-12H2,1-3H3. The minimum atomic E-state index is 0.562. The number of imidazole rings is 1. The number of methoxy groups -OCH3 is 1. The van der Waals surface area contributed by atoms with Gasteiger partial charge in [0.25, 0.3) is 0 Å². The third-order valence-corrected chi connectivity index (χ3v) is 3.67. The fourth-order valence-electron chi connectivity index (χ4n) is 2.61. The van der Waals surface area contributed by atoms with Crippen molar-refractivity contribution in [2.24, 2.45) is 5.92 Å². The lowest BCUT2D eigenvalue weighted by Crippen LogP contribution is -2.08. The second kappa shape index (κ2) is 6.18. The highest BCUT2D eigenvalue weighted by Gasteiger charge is 2.13. The number of nitrogens with zero attached hydrogens (tertiary/aromatic N) is 3. The van der Waals surface area contributed by atoms with E-state index in [2.05, 4.69) is 35.5 Å². The van der Waals surface area contributed by atoms with Gasteiger partial charge in [0.15, 0.2) is 5.65 Å². The van der Waals surface area contributed by atoms with Crippen LogP contribution in [0.15, 0.2) is 42.6 Å². The van der Waals surface area contributed by atoms with Crippen LogP contribution in [0.3, 0.4) is 0 Å². The molecule has 0 saturated heterocycles. The number of hydrogen-bond donors (Lipinski definition) is 0. The lowest BCUT2D eigenvalue weighted by atomic mass is 10.1. The molecule has 114 valence electrons. The van der Waals surface area contributed by atoms with Crippen LogP contribution < -0.4 is 4.74 Å². The first-order chi connectivity index (χ1) is 10.7. The van der Waals surface area contributed by atoms with Gasteiger partial charge in [-0.05, 0) is 35.7 Å². The molecule has 0 radical (unpaired) electrons. The van der Waals surface area contributed by atoms with Crippen molar-refractivity contribution in [1.29, 1.82) is 0 Å². The fourth-order valence-corrected chi connectivity index (χ4v) is 2.61. The maximum absolute atomic E-state index is 5.22. The van der Waals surface area contributed by atoms with Crippen molar-refractivity contribution in [3.8, 4) is 5.75 Å². The quantitative estimate of drug-likeness (QED) is 0.720. The summed E-state index contributed by atoms with van der Waals surface area (Å²) < 4.78 is 7.44. The largest absolute Gasteiger partial charge is 0.497 e. The van der Waals surface area contributed by atoms with Gasteiger partial charge >= 0.3 is 0 Å². The summed E-state index contributed by atoms with van der Waals surface area (Å²) in [5, 5.41) is 0. The Labute approximate surface area is 130 Å². The number of pyridine rings is 1. The molecule has 1 aromatic carbocycles. The Kier molecular flexibility index (Phi) is 4.09. The highest BCUT2D eigenvalue weighted by molar-refractivity contribution is 5.71. The van der Waals surface area contributed by atoms with Crippen molar-refractivity contribution < 1.29 is 4.74 Å². The van der Waals surface area contributed by atoms with Gasteiger partial charge in [-0.3, -0.25) is 0 Å². The molecule has 3 aromatic rings. The van der Waals surface area contributed by atoms with Crippen molar-refractivity contribution in [1.82, 2.24) is 14.5 Å². The van der Waals surface area contributed by atoms with E-state index in [1.165, 1.54) is 5.56 Å². The molecule has 0 unspecified atom stereocenters. The summed E-state index contributed by atoms with van der Waals surface area (Å²) in [6.45, 7) is 5.20. The van der Waals surface area contributed by atoms with Crippen LogP contribution in [0.1, 0.15) is 25.2 Å². The molecule has 0 fully saturated rings. The number of rotatable bonds is 5. The summed E-state index contributed by atoms with van der Waals surface area (Å²) in [5.74, 6) is 2.53. The van der Waals surface area contributed by atoms with Crippen molar-refractivity contribution in [3.05, 3.63) is 54.0 Å². The number of benzene rings is 1. The second-order valence-corrected chi connectivity index (χ2v) is 5.91. The Morgan fingerprint density at radius 3 is 2.59 bits per heavy atom. The molecular weight excluding hydrogens is 274 g/mol. The van der Waals surface area contributed by atoms with Gasteiger partial charge < -0.3 is 9.30 Å². The fraction of sp³-hybridized carbons (Fsp3) is 0.333. The van der Waals surface area contributed by atoms with E-state index in [9.17, 15) is 0 Å². The Morgan fingerprint density at radius 2 is 1.91 bits per heavy atom. The second-order valence-electron chi connectivity index (χ2n) is 5.91.